The van der Waals surface area contributed by atoms with E-state index in [9.17, 15) is 4.79 Å². The van der Waals surface area contributed by atoms with E-state index < -0.39 is 11.9 Å². The van der Waals surface area contributed by atoms with Crippen LogP contribution in [0.3, 0.4) is 0 Å². The predicted octanol–water partition coefficient (Wildman–Crippen LogP) is 1.13. The Balaban J connectivity index is 2.95. The van der Waals surface area contributed by atoms with Crippen molar-refractivity contribution in [3.05, 3.63) is 34.2 Å². The molecule has 108 valence electrons. The summed E-state index contributed by atoms with van der Waals surface area (Å²) in [5, 5.41) is 6.30. The minimum absolute atomic E-state index is 0.224. The van der Waals surface area contributed by atoms with E-state index in [1.807, 2.05) is 0 Å². The zero-order valence-electron chi connectivity index (χ0n) is 11.4. The highest BCUT2D eigenvalue weighted by Gasteiger charge is 2.18. The molecule has 1 atom stereocenters. The molecule has 0 spiro atoms. The molecule has 8 heteroatoms. The number of nitrogens with two attached hydrogens (primary N) is 1. The van der Waals surface area contributed by atoms with E-state index in [0.717, 1.165) is 0 Å². The molecule has 0 aliphatic rings. The summed E-state index contributed by atoms with van der Waals surface area (Å²) in [6.07, 6.45) is 0. The fraction of sp³-hybridized carbons (Fsp3) is 0.417. The number of amides is 1. The number of nitrogens with zero attached hydrogens (tertiary/aromatic N) is 3. The van der Waals surface area contributed by atoms with Gasteiger partial charge in [-0.05, 0) is 23.2 Å². The Bertz CT molecular complexity index is 492. The highest BCUT2D eigenvalue weighted by Crippen LogP contribution is 2.26. The van der Waals surface area contributed by atoms with Gasteiger partial charge in [0, 0.05) is 24.1 Å². The smallest absolute Gasteiger partial charge is 0.239 e. The third kappa shape index (κ3) is 4.34. The second-order valence-electron chi connectivity index (χ2n) is 3.89. The number of carbonyl (C=O) groups is 1. The molecule has 0 saturated carbocycles. The molecule has 3 N–H and O–H groups in total. The van der Waals surface area contributed by atoms with Crippen LogP contribution in [0.1, 0.15) is 11.6 Å². The van der Waals surface area contributed by atoms with Crippen LogP contribution < -0.4 is 20.5 Å². The molecule has 0 saturated heterocycles. The van der Waals surface area contributed by atoms with Crippen molar-refractivity contribution in [3.8, 4) is 11.5 Å². The first-order valence-electron chi connectivity index (χ1n) is 5.89. The van der Waals surface area contributed by atoms with E-state index in [-0.39, 0.29) is 6.54 Å². The molecule has 0 bridgehead atoms. The van der Waals surface area contributed by atoms with Gasteiger partial charge < -0.3 is 20.5 Å². The monoisotopic (exact) mass is 279 g/mol. The molecule has 8 nitrogen and oxygen atoms in total. The fourth-order valence-corrected chi connectivity index (χ4v) is 1.68. The maximum absolute atomic E-state index is 11.5. The Labute approximate surface area is 116 Å². The van der Waals surface area contributed by atoms with Gasteiger partial charge in [0.1, 0.15) is 17.5 Å². The first-order valence-corrected chi connectivity index (χ1v) is 5.89. The van der Waals surface area contributed by atoms with Crippen LogP contribution >= 0.6 is 0 Å². The van der Waals surface area contributed by atoms with Gasteiger partial charge in [0.15, 0.2) is 0 Å². The number of nitrogens with one attached hydrogen (secondary N) is 1. The molecular weight excluding hydrogens is 262 g/mol. The lowest BCUT2D eigenvalue weighted by molar-refractivity contribution is -0.120. The normalized spacial score (nSPS) is 11.3. The van der Waals surface area contributed by atoms with Crippen molar-refractivity contribution in [1.82, 2.24) is 5.32 Å². The van der Waals surface area contributed by atoms with Gasteiger partial charge in [-0.15, -0.1) is 0 Å². The summed E-state index contributed by atoms with van der Waals surface area (Å²) < 4.78 is 10.3. The zero-order valence-corrected chi connectivity index (χ0v) is 11.4. The first kappa shape index (κ1) is 15.6. The van der Waals surface area contributed by atoms with Crippen LogP contribution in [-0.2, 0) is 4.79 Å². The highest BCUT2D eigenvalue weighted by atomic mass is 16.5. The van der Waals surface area contributed by atoms with Crippen LogP contribution in [0.15, 0.2) is 23.3 Å². The average Bonchev–Trinajstić information content (AvgIpc) is 2.46. The Morgan fingerprint density at radius 2 is 2.00 bits per heavy atom. The number of carbonyl (C=O) groups excluding carboxylic acids is 1. The number of benzene rings is 1. The van der Waals surface area contributed by atoms with Crippen LogP contribution in [0.2, 0.25) is 0 Å². The first-order chi connectivity index (χ1) is 9.62. The van der Waals surface area contributed by atoms with Gasteiger partial charge >= 0.3 is 0 Å². The standard InChI is InChI=1S/C12H17N5O3/c1-19-9-5-8(6-10(7-9)20-2)11(12(13)18)15-3-4-16-17-14/h5-7,11,15H,3-4H2,1-2H3,(H2,13,18). The summed E-state index contributed by atoms with van der Waals surface area (Å²) in [5.74, 6) is 0.575. The Morgan fingerprint density at radius 3 is 2.45 bits per heavy atom. The summed E-state index contributed by atoms with van der Waals surface area (Å²) in [6.45, 7) is 0.554. The second kappa shape index (κ2) is 7.88. The van der Waals surface area contributed by atoms with E-state index >= 15 is 0 Å². The lowest BCUT2D eigenvalue weighted by Gasteiger charge is -2.17. The molecular formula is C12H17N5O3. The van der Waals surface area contributed by atoms with E-state index in [2.05, 4.69) is 15.3 Å². The van der Waals surface area contributed by atoms with E-state index in [1.165, 1.54) is 14.2 Å². The van der Waals surface area contributed by atoms with Crippen LogP contribution in [0.25, 0.3) is 10.4 Å². The predicted molar refractivity (Wildman–Crippen MR) is 73.5 cm³/mol. The summed E-state index contributed by atoms with van der Waals surface area (Å²) in [5.41, 5.74) is 14.2. The average molecular weight is 279 g/mol. The van der Waals surface area contributed by atoms with Gasteiger partial charge in [-0.3, -0.25) is 4.79 Å². The van der Waals surface area contributed by atoms with Crippen LogP contribution in [0, 0.1) is 0 Å². The fourth-order valence-electron chi connectivity index (χ4n) is 1.68. The number of hydrogen-bond donors (Lipinski definition) is 2. The molecule has 0 aliphatic carbocycles. The Hall–Kier alpha value is -2.44. The third-order valence-electron chi connectivity index (χ3n) is 2.62. The van der Waals surface area contributed by atoms with Gasteiger partial charge in [0.2, 0.25) is 5.91 Å². The van der Waals surface area contributed by atoms with Crippen molar-refractivity contribution >= 4 is 5.91 Å². The van der Waals surface area contributed by atoms with Crippen LogP contribution in [0.5, 0.6) is 11.5 Å². The molecule has 1 aromatic rings. The molecule has 1 amide bonds. The summed E-state index contributed by atoms with van der Waals surface area (Å²) in [7, 11) is 3.04. The van der Waals surface area contributed by atoms with Gasteiger partial charge in [-0.25, -0.2) is 0 Å². The van der Waals surface area contributed by atoms with E-state index in [0.29, 0.717) is 23.6 Å². The number of rotatable bonds is 8. The molecule has 0 fully saturated rings. The minimum Gasteiger partial charge on any atom is -0.497 e. The SMILES string of the molecule is COc1cc(OC)cc(C(NCCN=[N+]=[N-])C(N)=O)c1. The lowest BCUT2D eigenvalue weighted by atomic mass is 10.1. The Morgan fingerprint density at radius 1 is 1.40 bits per heavy atom. The third-order valence-corrected chi connectivity index (χ3v) is 2.62. The molecule has 1 unspecified atom stereocenters. The summed E-state index contributed by atoms with van der Waals surface area (Å²) >= 11 is 0. The van der Waals surface area contributed by atoms with Gasteiger partial charge in [-0.2, -0.15) is 0 Å². The zero-order chi connectivity index (χ0) is 15.0. The lowest BCUT2D eigenvalue weighted by Crippen LogP contribution is -2.35. The number of hydrogen-bond acceptors (Lipinski definition) is 5. The number of ether oxygens (including phenoxy) is 2. The second-order valence-corrected chi connectivity index (χ2v) is 3.89. The molecule has 1 rings (SSSR count). The molecule has 20 heavy (non-hydrogen) atoms. The van der Waals surface area contributed by atoms with Crippen molar-refractivity contribution in [2.45, 2.75) is 6.04 Å². The highest BCUT2D eigenvalue weighted by molar-refractivity contribution is 5.81. The molecule has 0 aromatic heterocycles. The quantitative estimate of drug-likeness (QED) is 0.320. The number of azide groups is 1. The van der Waals surface area contributed by atoms with Crippen LogP contribution in [-0.4, -0.2) is 33.2 Å². The minimum atomic E-state index is -0.715. The largest absolute Gasteiger partial charge is 0.497 e. The topological polar surface area (TPSA) is 122 Å². The van der Waals surface area contributed by atoms with Crippen molar-refractivity contribution in [2.24, 2.45) is 10.8 Å². The molecule has 0 radical (unpaired) electrons. The van der Waals surface area contributed by atoms with E-state index in [4.69, 9.17) is 20.7 Å². The van der Waals surface area contributed by atoms with Gasteiger partial charge in [-0.1, -0.05) is 5.11 Å². The summed E-state index contributed by atoms with van der Waals surface area (Å²) in [4.78, 5) is 14.2. The molecule has 0 heterocycles. The van der Waals surface area contributed by atoms with Crippen molar-refractivity contribution in [2.75, 3.05) is 27.3 Å². The van der Waals surface area contributed by atoms with E-state index in [1.54, 1.807) is 18.2 Å². The number of methoxy groups -OCH3 is 2. The Kier molecular flexibility index (Phi) is 6.15. The van der Waals surface area contributed by atoms with Gasteiger partial charge in [0.25, 0.3) is 0 Å². The van der Waals surface area contributed by atoms with Crippen molar-refractivity contribution in [1.29, 1.82) is 0 Å². The molecule has 1 aromatic carbocycles. The molecule has 0 aliphatic heterocycles. The van der Waals surface area contributed by atoms with Crippen LogP contribution in [0.4, 0.5) is 0 Å². The number of primary amides is 1. The van der Waals surface area contributed by atoms with Gasteiger partial charge in [0.05, 0.1) is 14.2 Å². The summed E-state index contributed by atoms with van der Waals surface area (Å²) in [6, 6.07) is 4.37. The van der Waals surface area contributed by atoms with Crippen molar-refractivity contribution < 1.29 is 14.3 Å². The maximum Gasteiger partial charge on any atom is 0.239 e. The van der Waals surface area contributed by atoms with Crippen molar-refractivity contribution in [3.63, 3.8) is 0 Å². The maximum atomic E-state index is 11.5.